The predicted molar refractivity (Wildman–Crippen MR) is 155 cm³/mol. The molecule has 4 aromatic rings. The van der Waals surface area contributed by atoms with Crippen molar-refractivity contribution in [2.45, 2.75) is 10.1 Å². The summed E-state index contributed by atoms with van der Waals surface area (Å²) in [5.41, 5.74) is 2.37. The maximum atomic E-state index is 13.8. The number of anilines is 2. The fraction of sp³-hybridized carbons (Fsp3) is 0.0312. The van der Waals surface area contributed by atoms with Crippen LogP contribution in [0.2, 0.25) is 0 Å². The van der Waals surface area contributed by atoms with Gasteiger partial charge in [-0.3, -0.25) is 19.2 Å². The second-order valence-electron chi connectivity index (χ2n) is 9.02. The topological polar surface area (TPSA) is 130 Å². The Morgan fingerprint density at radius 2 is 1.37 bits per heavy atom. The number of ketones is 2. The molecule has 9 heteroatoms. The third-order valence-corrected chi connectivity index (χ3v) is 7.53. The summed E-state index contributed by atoms with van der Waals surface area (Å²) in [5, 5.41) is 13.4. The quantitative estimate of drug-likeness (QED) is 0.168. The molecule has 0 fully saturated rings. The van der Waals surface area contributed by atoms with Crippen LogP contribution in [0.1, 0.15) is 42.7 Å². The number of hydrogen-bond acceptors (Lipinski definition) is 6. The Hall–Kier alpha value is -5.28. The van der Waals surface area contributed by atoms with Crippen LogP contribution in [0.5, 0.6) is 0 Å². The molecule has 0 bridgehead atoms. The van der Waals surface area contributed by atoms with E-state index in [9.17, 15) is 24.0 Å². The molecule has 8 nitrogen and oxygen atoms in total. The van der Waals surface area contributed by atoms with Crippen LogP contribution in [-0.2, 0) is 14.4 Å². The van der Waals surface area contributed by atoms with E-state index < -0.39 is 23.0 Å². The minimum atomic E-state index is -1.24. The van der Waals surface area contributed by atoms with E-state index >= 15 is 0 Å². The van der Waals surface area contributed by atoms with Gasteiger partial charge in [0.2, 0.25) is 11.8 Å². The molecule has 41 heavy (non-hydrogen) atoms. The molecule has 202 valence electrons. The minimum absolute atomic E-state index is 0.153. The Kier molecular flexibility index (Phi) is 7.89. The number of benzene rings is 4. The fourth-order valence-corrected chi connectivity index (χ4v) is 5.55. The van der Waals surface area contributed by atoms with E-state index in [1.807, 2.05) is 30.3 Å². The third kappa shape index (κ3) is 6.00. The van der Waals surface area contributed by atoms with Gasteiger partial charge in [-0.05, 0) is 29.8 Å². The molecule has 0 heterocycles. The number of thioether (sulfide) groups is 1. The predicted octanol–water partition coefficient (Wildman–Crippen LogP) is 5.51. The second kappa shape index (κ2) is 11.8. The van der Waals surface area contributed by atoms with E-state index in [4.69, 9.17) is 5.11 Å². The van der Waals surface area contributed by atoms with Crippen LogP contribution in [0.15, 0.2) is 114 Å². The molecule has 1 aliphatic carbocycles. The van der Waals surface area contributed by atoms with Crippen LogP contribution in [0.25, 0.3) is 0 Å². The lowest BCUT2D eigenvalue weighted by molar-refractivity contribution is -0.131. The Balaban J connectivity index is 1.43. The smallest absolute Gasteiger partial charge is 0.328 e. The first-order valence-electron chi connectivity index (χ1n) is 12.5. The average Bonchev–Trinajstić information content (AvgIpc) is 2.98. The summed E-state index contributed by atoms with van der Waals surface area (Å²) >= 11 is 1.23. The Labute approximate surface area is 239 Å². The first-order chi connectivity index (χ1) is 19.8. The van der Waals surface area contributed by atoms with Gasteiger partial charge in [-0.25, -0.2) is 4.79 Å². The van der Waals surface area contributed by atoms with Crippen LogP contribution in [0, 0.1) is 0 Å². The van der Waals surface area contributed by atoms with Gasteiger partial charge in [0.15, 0.2) is 11.6 Å². The van der Waals surface area contributed by atoms with Gasteiger partial charge in [-0.2, -0.15) is 0 Å². The van der Waals surface area contributed by atoms with Gasteiger partial charge in [-0.1, -0.05) is 72.8 Å². The zero-order valence-corrected chi connectivity index (χ0v) is 22.2. The summed E-state index contributed by atoms with van der Waals surface area (Å²) in [6.45, 7) is 0. The van der Waals surface area contributed by atoms with Gasteiger partial charge >= 0.3 is 5.97 Å². The fourth-order valence-electron chi connectivity index (χ4n) is 4.46. The number of hydrogen-bond donors (Lipinski definition) is 3. The van der Waals surface area contributed by atoms with E-state index in [-0.39, 0.29) is 33.9 Å². The summed E-state index contributed by atoms with van der Waals surface area (Å²) in [5.74, 6) is -2.88. The molecule has 0 aromatic heterocycles. The van der Waals surface area contributed by atoms with Gasteiger partial charge in [-0.15, -0.1) is 11.8 Å². The highest BCUT2D eigenvalue weighted by molar-refractivity contribution is 8.00. The molecule has 4 aromatic carbocycles. The molecule has 0 saturated carbocycles. The Morgan fingerprint density at radius 3 is 2.10 bits per heavy atom. The van der Waals surface area contributed by atoms with Crippen molar-refractivity contribution in [1.82, 2.24) is 0 Å². The molecule has 3 N–H and O–H groups in total. The number of carboxylic acids is 1. The zero-order valence-electron chi connectivity index (χ0n) is 21.4. The maximum Gasteiger partial charge on any atom is 0.328 e. The van der Waals surface area contributed by atoms with E-state index in [2.05, 4.69) is 10.6 Å². The third-order valence-electron chi connectivity index (χ3n) is 6.28. The maximum absolute atomic E-state index is 13.8. The van der Waals surface area contributed by atoms with Crippen LogP contribution in [-0.4, -0.2) is 34.5 Å². The summed E-state index contributed by atoms with van der Waals surface area (Å²) in [6.07, 6.45) is 1.65. The lowest BCUT2D eigenvalue weighted by Crippen LogP contribution is -2.25. The van der Waals surface area contributed by atoms with Gasteiger partial charge in [0, 0.05) is 39.4 Å². The molecule has 1 aliphatic rings. The van der Waals surface area contributed by atoms with Gasteiger partial charge in [0.25, 0.3) is 0 Å². The standard InChI is InChI=1S/C32H22N2O6S/c35-26(16-17-27(36)37)33-20-10-6-11-21(18-20)41-31(19-8-2-1-3-9-19)32(40)34-25-15-7-14-24-28(25)30(39)23-13-5-4-12-22(23)29(24)38/h1-18,31H,(H,33,35)(H,34,40)(H,36,37)/b17-16+. The monoisotopic (exact) mass is 562 g/mol. The van der Waals surface area contributed by atoms with E-state index in [0.717, 1.165) is 12.2 Å². The first-order valence-corrected chi connectivity index (χ1v) is 13.4. The number of rotatable bonds is 8. The summed E-state index contributed by atoms with van der Waals surface area (Å²) in [4.78, 5) is 63.7. The van der Waals surface area contributed by atoms with E-state index in [1.54, 1.807) is 66.7 Å². The minimum Gasteiger partial charge on any atom is -0.478 e. The van der Waals surface area contributed by atoms with Crippen LogP contribution < -0.4 is 10.6 Å². The van der Waals surface area contributed by atoms with E-state index in [1.165, 1.54) is 11.8 Å². The van der Waals surface area contributed by atoms with Crippen molar-refractivity contribution in [3.8, 4) is 0 Å². The Morgan fingerprint density at radius 1 is 0.707 bits per heavy atom. The molecule has 5 rings (SSSR count). The second-order valence-corrected chi connectivity index (χ2v) is 10.2. The van der Waals surface area contributed by atoms with Gasteiger partial charge < -0.3 is 15.7 Å². The molecule has 0 spiro atoms. The Bertz CT molecular complexity index is 1730. The molecule has 1 atom stereocenters. The molecule has 1 unspecified atom stereocenters. The van der Waals surface area contributed by atoms with Crippen molar-refractivity contribution in [3.63, 3.8) is 0 Å². The van der Waals surface area contributed by atoms with Crippen LogP contribution in [0.4, 0.5) is 11.4 Å². The number of carboxylic acid groups (broad SMARTS) is 1. The van der Waals surface area contributed by atoms with Crippen molar-refractivity contribution in [2.24, 2.45) is 0 Å². The summed E-state index contributed by atoms with van der Waals surface area (Å²) < 4.78 is 0. The molecular weight excluding hydrogens is 540 g/mol. The highest BCUT2D eigenvalue weighted by Gasteiger charge is 2.32. The van der Waals surface area contributed by atoms with Crippen LogP contribution in [0.3, 0.4) is 0 Å². The first kappa shape index (κ1) is 27.3. The van der Waals surface area contributed by atoms with Crippen molar-refractivity contribution in [2.75, 3.05) is 10.6 Å². The number of nitrogens with one attached hydrogen (secondary N) is 2. The molecule has 2 amide bonds. The number of carbonyl (C=O) groups is 5. The number of carbonyl (C=O) groups excluding carboxylic acids is 4. The molecule has 0 saturated heterocycles. The molecule has 0 aliphatic heterocycles. The zero-order chi connectivity index (χ0) is 28.9. The van der Waals surface area contributed by atoms with Crippen molar-refractivity contribution < 1.29 is 29.1 Å². The highest BCUT2D eigenvalue weighted by atomic mass is 32.2. The largest absolute Gasteiger partial charge is 0.478 e. The SMILES string of the molecule is O=C(O)/C=C/C(=O)Nc1cccc(SC(C(=O)Nc2cccc3c2C(=O)c2ccccc2C3=O)c2ccccc2)c1. The average molecular weight is 563 g/mol. The van der Waals surface area contributed by atoms with Crippen molar-refractivity contribution >= 4 is 52.5 Å². The molecular formula is C32H22N2O6S. The van der Waals surface area contributed by atoms with Gasteiger partial charge in [0.1, 0.15) is 5.25 Å². The van der Waals surface area contributed by atoms with E-state index in [0.29, 0.717) is 21.7 Å². The normalized spacial score (nSPS) is 12.8. The van der Waals surface area contributed by atoms with Crippen molar-refractivity contribution in [1.29, 1.82) is 0 Å². The highest BCUT2D eigenvalue weighted by Crippen LogP contribution is 2.38. The summed E-state index contributed by atoms with van der Waals surface area (Å²) in [7, 11) is 0. The van der Waals surface area contributed by atoms with Crippen LogP contribution >= 0.6 is 11.8 Å². The number of fused-ring (bicyclic) bond motifs is 2. The molecule has 0 radical (unpaired) electrons. The lowest BCUT2D eigenvalue weighted by Gasteiger charge is -2.22. The number of aliphatic carboxylic acids is 1. The summed E-state index contributed by atoms with van der Waals surface area (Å²) in [6, 6.07) is 27.3. The van der Waals surface area contributed by atoms with Crippen molar-refractivity contribution in [3.05, 3.63) is 137 Å². The number of amides is 2. The van der Waals surface area contributed by atoms with Gasteiger partial charge in [0.05, 0.1) is 11.3 Å². The lowest BCUT2D eigenvalue weighted by atomic mass is 9.83.